The lowest BCUT2D eigenvalue weighted by atomic mass is 9.96. The Morgan fingerprint density at radius 3 is 2.44 bits per heavy atom. The number of hydrogen-bond donors (Lipinski definition) is 1. The van der Waals surface area contributed by atoms with Gasteiger partial charge in [-0.3, -0.25) is 4.68 Å². The number of benzene rings is 1. The summed E-state index contributed by atoms with van der Waals surface area (Å²) in [5.41, 5.74) is 2.98. The highest BCUT2D eigenvalue weighted by Gasteiger charge is 2.64. The van der Waals surface area contributed by atoms with Crippen molar-refractivity contribution in [3.05, 3.63) is 47.8 Å². The van der Waals surface area contributed by atoms with Crippen LogP contribution in [0.15, 0.2) is 41.4 Å². The molecule has 134 valence electrons. The highest BCUT2D eigenvalue weighted by atomic mass is 32.2. The number of aromatic nitrogens is 2. The van der Waals surface area contributed by atoms with Crippen LogP contribution in [0.25, 0.3) is 0 Å². The predicted molar refractivity (Wildman–Crippen MR) is 96.5 cm³/mol. The first-order valence-corrected chi connectivity index (χ1v) is 10.6. The van der Waals surface area contributed by atoms with E-state index in [0.717, 1.165) is 6.42 Å². The van der Waals surface area contributed by atoms with Crippen LogP contribution >= 0.6 is 0 Å². The summed E-state index contributed by atoms with van der Waals surface area (Å²) in [4.78, 5) is 0.198. The number of hydrogen-bond acceptors (Lipinski definition) is 3. The molecule has 0 amide bonds. The molecular weight excluding hydrogens is 334 g/mol. The van der Waals surface area contributed by atoms with Gasteiger partial charge in [-0.05, 0) is 66.7 Å². The van der Waals surface area contributed by atoms with Gasteiger partial charge < -0.3 is 0 Å². The Labute approximate surface area is 149 Å². The summed E-state index contributed by atoms with van der Waals surface area (Å²) in [5.74, 6) is 1.24. The lowest BCUT2D eigenvalue weighted by Crippen LogP contribution is -2.11. The molecule has 1 aromatic heterocycles. The Morgan fingerprint density at radius 2 is 1.88 bits per heavy atom. The second-order valence-electron chi connectivity index (χ2n) is 7.62. The van der Waals surface area contributed by atoms with E-state index < -0.39 is 10.0 Å². The third kappa shape index (κ3) is 2.91. The molecule has 4 rings (SSSR count). The fraction of sp³-hybridized carbons (Fsp3) is 0.526. The Morgan fingerprint density at radius 1 is 1.20 bits per heavy atom. The van der Waals surface area contributed by atoms with E-state index in [-0.39, 0.29) is 4.90 Å². The zero-order chi connectivity index (χ0) is 17.7. The van der Waals surface area contributed by atoms with Crippen LogP contribution in [0.3, 0.4) is 0 Å². The molecule has 1 aromatic carbocycles. The first-order chi connectivity index (χ1) is 11.9. The van der Waals surface area contributed by atoms with E-state index in [2.05, 4.69) is 11.2 Å². The zero-order valence-electron chi connectivity index (χ0n) is 14.6. The summed E-state index contributed by atoms with van der Waals surface area (Å²) in [6.45, 7) is 0. The Bertz CT molecular complexity index is 864. The SMILES string of the molecule is Cn1nccc1CCC1C(c2ccc(S(N)(=O)=O)cc2)C12CCCC2. The van der Waals surface area contributed by atoms with Gasteiger partial charge in [0.1, 0.15) is 0 Å². The minimum atomic E-state index is -3.62. The van der Waals surface area contributed by atoms with E-state index in [1.807, 2.05) is 30.1 Å². The Kier molecular flexibility index (Phi) is 4.00. The van der Waals surface area contributed by atoms with Crippen molar-refractivity contribution >= 4 is 10.0 Å². The molecule has 2 aliphatic carbocycles. The van der Waals surface area contributed by atoms with Gasteiger partial charge in [0.15, 0.2) is 0 Å². The quantitative estimate of drug-likeness (QED) is 0.891. The molecule has 2 saturated carbocycles. The summed E-state index contributed by atoms with van der Waals surface area (Å²) in [7, 11) is -1.62. The predicted octanol–water partition coefficient (Wildman–Crippen LogP) is 2.97. The zero-order valence-corrected chi connectivity index (χ0v) is 15.4. The number of nitrogens with two attached hydrogens (primary N) is 1. The smallest absolute Gasteiger partial charge is 0.238 e. The third-order valence-electron chi connectivity index (χ3n) is 6.39. The van der Waals surface area contributed by atoms with Crippen molar-refractivity contribution in [2.45, 2.75) is 49.3 Å². The molecule has 0 bridgehead atoms. The van der Waals surface area contributed by atoms with Crippen LogP contribution in [0.5, 0.6) is 0 Å². The second kappa shape index (κ2) is 5.95. The summed E-state index contributed by atoms with van der Waals surface area (Å²) in [6, 6.07) is 9.34. The number of aryl methyl sites for hydroxylation is 2. The average Bonchev–Trinajstić information content (AvgIpc) is 2.90. The van der Waals surface area contributed by atoms with E-state index in [1.54, 1.807) is 12.1 Å². The first-order valence-electron chi connectivity index (χ1n) is 9.01. The van der Waals surface area contributed by atoms with Crippen LogP contribution in [0, 0.1) is 11.3 Å². The van der Waals surface area contributed by atoms with E-state index >= 15 is 0 Å². The lowest BCUT2D eigenvalue weighted by Gasteiger charge is -2.09. The number of primary sulfonamides is 1. The standard InChI is InChI=1S/C19H25N3O2S/c1-22-15(10-13-21-22)6-9-17-18(19(17)11-2-3-12-19)14-4-7-16(8-5-14)25(20,23)24/h4-5,7-8,10,13,17-18H,2-3,6,9,11-12H2,1H3,(H2,20,23,24). The van der Waals surface area contributed by atoms with Crippen molar-refractivity contribution in [2.75, 3.05) is 0 Å². The van der Waals surface area contributed by atoms with E-state index in [4.69, 9.17) is 5.14 Å². The second-order valence-corrected chi connectivity index (χ2v) is 9.18. The van der Waals surface area contributed by atoms with Gasteiger partial charge in [-0.1, -0.05) is 25.0 Å². The van der Waals surface area contributed by atoms with Crippen molar-refractivity contribution in [2.24, 2.45) is 23.5 Å². The molecule has 1 spiro atoms. The van der Waals surface area contributed by atoms with Crippen molar-refractivity contribution in [3.8, 4) is 0 Å². The van der Waals surface area contributed by atoms with Crippen molar-refractivity contribution in [3.63, 3.8) is 0 Å². The van der Waals surface area contributed by atoms with Crippen LogP contribution in [0.4, 0.5) is 0 Å². The molecule has 2 atom stereocenters. The van der Waals surface area contributed by atoms with Gasteiger partial charge in [-0.2, -0.15) is 5.10 Å². The molecular formula is C19H25N3O2S. The highest BCUT2D eigenvalue weighted by Crippen LogP contribution is 2.73. The molecule has 5 nitrogen and oxygen atoms in total. The molecule has 0 radical (unpaired) electrons. The normalized spacial score (nSPS) is 24.7. The Hall–Kier alpha value is -1.66. The molecule has 2 fully saturated rings. The molecule has 2 unspecified atom stereocenters. The minimum absolute atomic E-state index is 0.198. The molecule has 25 heavy (non-hydrogen) atoms. The van der Waals surface area contributed by atoms with Crippen LogP contribution in [-0.4, -0.2) is 18.2 Å². The highest BCUT2D eigenvalue weighted by molar-refractivity contribution is 7.89. The minimum Gasteiger partial charge on any atom is -0.273 e. The third-order valence-corrected chi connectivity index (χ3v) is 7.32. The maximum absolute atomic E-state index is 11.5. The molecule has 0 saturated heterocycles. The van der Waals surface area contributed by atoms with Crippen molar-refractivity contribution in [1.82, 2.24) is 9.78 Å². The monoisotopic (exact) mass is 359 g/mol. The molecule has 2 aliphatic rings. The molecule has 6 heteroatoms. The van der Waals surface area contributed by atoms with Crippen LogP contribution in [0.2, 0.25) is 0 Å². The van der Waals surface area contributed by atoms with Gasteiger partial charge in [0, 0.05) is 18.9 Å². The van der Waals surface area contributed by atoms with E-state index in [0.29, 0.717) is 17.3 Å². The maximum Gasteiger partial charge on any atom is 0.238 e. The number of sulfonamides is 1. The van der Waals surface area contributed by atoms with Gasteiger partial charge in [0.05, 0.1) is 4.90 Å². The maximum atomic E-state index is 11.5. The molecule has 2 N–H and O–H groups in total. The van der Waals surface area contributed by atoms with Gasteiger partial charge in [0.2, 0.25) is 10.0 Å². The van der Waals surface area contributed by atoms with E-state index in [9.17, 15) is 8.42 Å². The summed E-state index contributed by atoms with van der Waals surface area (Å²) in [6.07, 6.45) is 9.30. The summed E-state index contributed by atoms with van der Waals surface area (Å²) in [5, 5.41) is 9.48. The van der Waals surface area contributed by atoms with Crippen LogP contribution in [0.1, 0.15) is 49.3 Å². The van der Waals surface area contributed by atoms with Gasteiger partial charge in [-0.15, -0.1) is 0 Å². The Balaban J connectivity index is 1.54. The molecule has 1 heterocycles. The number of nitrogens with zero attached hydrogens (tertiary/aromatic N) is 2. The fourth-order valence-corrected chi connectivity index (χ4v) is 5.64. The summed E-state index contributed by atoms with van der Waals surface area (Å²) >= 11 is 0. The van der Waals surface area contributed by atoms with Gasteiger partial charge in [-0.25, -0.2) is 13.6 Å². The van der Waals surface area contributed by atoms with Gasteiger partial charge in [0.25, 0.3) is 0 Å². The molecule has 0 aliphatic heterocycles. The van der Waals surface area contributed by atoms with Crippen molar-refractivity contribution < 1.29 is 8.42 Å². The van der Waals surface area contributed by atoms with Crippen LogP contribution < -0.4 is 5.14 Å². The number of rotatable bonds is 5. The largest absolute Gasteiger partial charge is 0.273 e. The van der Waals surface area contributed by atoms with Gasteiger partial charge >= 0.3 is 0 Å². The lowest BCUT2D eigenvalue weighted by molar-refractivity contribution is 0.447. The summed E-state index contributed by atoms with van der Waals surface area (Å²) < 4.78 is 24.9. The topological polar surface area (TPSA) is 78.0 Å². The average molecular weight is 359 g/mol. The fourth-order valence-electron chi connectivity index (χ4n) is 5.13. The van der Waals surface area contributed by atoms with Crippen molar-refractivity contribution in [1.29, 1.82) is 0 Å². The van der Waals surface area contributed by atoms with E-state index in [1.165, 1.54) is 43.4 Å². The van der Waals surface area contributed by atoms with Crippen LogP contribution in [-0.2, 0) is 23.5 Å². The first kappa shape index (κ1) is 16.8. The molecule has 2 aromatic rings.